The number of alkyl halides is 1. The monoisotopic (exact) mass is 249 g/mol. The summed E-state index contributed by atoms with van der Waals surface area (Å²) in [4.78, 5) is 9.78. The van der Waals surface area contributed by atoms with Gasteiger partial charge in [-0.05, 0) is 4.92 Å². The lowest BCUT2D eigenvalue weighted by Crippen LogP contribution is -2.07. The number of hydrogen-bond donors (Lipinski definition) is 1. The molecule has 1 rings (SSSR count). The van der Waals surface area contributed by atoms with E-state index in [1.165, 1.54) is 10.7 Å². The van der Waals surface area contributed by atoms with Crippen LogP contribution in [0.5, 0.6) is 0 Å². The first-order chi connectivity index (χ1) is 6.19. The van der Waals surface area contributed by atoms with Crippen LogP contribution in [0.2, 0.25) is 0 Å². The predicted molar refractivity (Wildman–Crippen MR) is 48.6 cm³/mol. The van der Waals surface area contributed by atoms with Crippen molar-refractivity contribution in [2.24, 2.45) is 0 Å². The standard InChI is InChI=1S/C6H8BrN3O3/c7-4-5-3-6(10(12)13)8-9(5)1-2-11/h3,11H,1-2,4H2. The van der Waals surface area contributed by atoms with Crippen LogP contribution in [0.25, 0.3) is 0 Å². The van der Waals surface area contributed by atoms with Crippen LogP contribution < -0.4 is 0 Å². The Morgan fingerprint density at radius 3 is 2.92 bits per heavy atom. The Kier molecular flexibility index (Phi) is 3.38. The van der Waals surface area contributed by atoms with E-state index in [4.69, 9.17) is 5.11 Å². The third kappa shape index (κ3) is 2.25. The van der Waals surface area contributed by atoms with E-state index in [9.17, 15) is 10.1 Å². The topological polar surface area (TPSA) is 81.2 Å². The first-order valence-corrected chi connectivity index (χ1v) is 4.69. The average molecular weight is 250 g/mol. The number of aromatic nitrogens is 2. The summed E-state index contributed by atoms with van der Waals surface area (Å²) in [5, 5.41) is 23.2. The van der Waals surface area contributed by atoms with Gasteiger partial charge in [0.05, 0.1) is 30.0 Å². The third-order valence-corrected chi connectivity index (χ3v) is 2.06. The number of nitro groups is 1. The molecule has 0 spiro atoms. The maximum absolute atomic E-state index is 10.3. The Hall–Kier alpha value is -0.950. The van der Waals surface area contributed by atoms with Gasteiger partial charge in [0.1, 0.15) is 0 Å². The van der Waals surface area contributed by atoms with E-state index in [-0.39, 0.29) is 19.0 Å². The highest BCUT2D eigenvalue weighted by molar-refractivity contribution is 9.08. The average Bonchev–Trinajstić information content (AvgIpc) is 2.48. The van der Waals surface area contributed by atoms with Crippen molar-refractivity contribution in [1.82, 2.24) is 9.78 Å². The first-order valence-electron chi connectivity index (χ1n) is 3.57. The summed E-state index contributed by atoms with van der Waals surface area (Å²) < 4.78 is 1.41. The molecule has 0 atom stereocenters. The van der Waals surface area contributed by atoms with E-state index in [0.717, 1.165) is 0 Å². The number of halogens is 1. The molecule has 0 aliphatic carbocycles. The lowest BCUT2D eigenvalue weighted by atomic mass is 10.4. The van der Waals surface area contributed by atoms with Crippen molar-refractivity contribution in [3.8, 4) is 0 Å². The van der Waals surface area contributed by atoms with Crippen LogP contribution in [-0.2, 0) is 11.9 Å². The number of rotatable bonds is 4. The van der Waals surface area contributed by atoms with Crippen molar-refractivity contribution < 1.29 is 10.0 Å². The predicted octanol–water partition coefficient (Wildman–Crippen LogP) is 0.678. The van der Waals surface area contributed by atoms with Crippen molar-refractivity contribution in [3.05, 3.63) is 21.9 Å². The molecule has 0 aliphatic rings. The molecule has 0 unspecified atom stereocenters. The van der Waals surface area contributed by atoms with E-state index in [0.29, 0.717) is 11.0 Å². The largest absolute Gasteiger partial charge is 0.394 e. The molecule has 0 aromatic carbocycles. The van der Waals surface area contributed by atoms with Crippen LogP contribution in [0, 0.1) is 10.1 Å². The highest BCUT2D eigenvalue weighted by atomic mass is 79.9. The highest BCUT2D eigenvalue weighted by Crippen LogP contribution is 2.14. The van der Waals surface area contributed by atoms with Crippen LogP contribution >= 0.6 is 15.9 Å². The Labute approximate surface area is 82.4 Å². The minimum absolute atomic E-state index is 0.0845. The molecule has 0 saturated carbocycles. The second-order valence-corrected chi connectivity index (χ2v) is 2.89. The van der Waals surface area contributed by atoms with E-state index >= 15 is 0 Å². The zero-order chi connectivity index (χ0) is 9.84. The fraction of sp³-hybridized carbons (Fsp3) is 0.500. The van der Waals surface area contributed by atoms with Crippen LogP contribution in [0.3, 0.4) is 0 Å². The second-order valence-electron chi connectivity index (χ2n) is 2.33. The Bertz CT molecular complexity index is 312. The minimum atomic E-state index is -0.556. The number of hydrogen-bond acceptors (Lipinski definition) is 4. The van der Waals surface area contributed by atoms with Crippen molar-refractivity contribution in [2.45, 2.75) is 11.9 Å². The molecule has 0 saturated heterocycles. The molecule has 1 heterocycles. The second kappa shape index (κ2) is 4.33. The normalized spacial score (nSPS) is 10.3. The highest BCUT2D eigenvalue weighted by Gasteiger charge is 2.16. The molecule has 0 radical (unpaired) electrons. The molecule has 6 nitrogen and oxygen atoms in total. The summed E-state index contributed by atoms with van der Waals surface area (Å²) in [6.07, 6.45) is 0. The van der Waals surface area contributed by atoms with Crippen LogP contribution in [0.1, 0.15) is 5.69 Å². The van der Waals surface area contributed by atoms with E-state index in [1.807, 2.05) is 0 Å². The van der Waals surface area contributed by atoms with Crippen molar-refractivity contribution >= 4 is 21.7 Å². The van der Waals surface area contributed by atoms with Crippen molar-refractivity contribution in [1.29, 1.82) is 0 Å². The molecule has 0 aliphatic heterocycles. The van der Waals surface area contributed by atoms with Crippen LogP contribution in [0.15, 0.2) is 6.07 Å². The van der Waals surface area contributed by atoms with E-state index < -0.39 is 4.92 Å². The van der Waals surface area contributed by atoms with Gasteiger partial charge in [0.15, 0.2) is 0 Å². The quantitative estimate of drug-likeness (QED) is 0.484. The molecule has 0 fully saturated rings. The third-order valence-electron chi connectivity index (χ3n) is 1.49. The zero-order valence-corrected chi connectivity index (χ0v) is 8.27. The molecule has 0 amide bonds. The molecule has 1 aromatic heterocycles. The Morgan fingerprint density at radius 1 is 1.77 bits per heavy atom. The zero-order valence-electron chi connectivity index (χ0n) is 6.68. The molecule has 13 heavy (non-hydrogen) atoms. The maximum Gasteiger partial charge on any atom is 0.390 e. The van der Waals surface area contributed by atoms with Gasteiger partial charge in [-0.3, -0.25) is 0 Å². The summed E-state index contributed by atoms with van der Waals surface area (Å²) in [6, 6.07) is 1.38. The van der Waals surface area contributed by atoms with Crippen LogP contribution in [-0.4, -0.2) is 26.4 Å². The van der Waals surface area contributed by atoms with Gasteiger partial charge in [-0.15, -0.1) is 0 Å². The molecule has 1 N–H and O–H groups in total. The summed E-state index contributed by atoms with van der Waals surface area (Å²) in [5.74, 6) is -0.192. The molecule has 7 heteroatoms. The number of aliphatic hydroxyl groups excluding tert-OH is 1. The van der Waals surface area contributed by atoms with E-state index in [2.05, 4.69) is 21.0 Å². The summed E-state index contributed by atoms with van der Waals surface area (Å²) in [6.45, 7) is 0.188. The van der Waals surface area contributed by atoms with Gasteiger partial charge in [-0.2, -0.15) is 4.68 Å². The minimum Gasteiger partial charge on any atom is -0.394 e. The lowest BCUT2D eigenvalue weighted by Gasteiger charge is -1.94. The van der Waals surface area contributed by atoms with Gasteiger partial charge in [0.2, 0.25) is 0 Å². The fourth-order valence-electron chi connectivity index (χ4n) is 0.925. The van der Waals surface area contributed by atoms with Gasteiger partial charge in [0.25, 0.3) is 0 Å². The molecule has 0 bridgehead atoms. The van der Waals surface area contributed by atoms with Gasteiger partial charge in [0, 0.05) is 5.33 Å². The SMILES string of the molecule is O=[N+]([O-])c1cc(CBr)n(CCO)n1. The van der Waals surface area contributed by atoms with Crippen molar-refractivity contribution in [3.63, 3.8) is 0 Å². The summed E-state index contributed by atoms with van der Waals surface area (Å²) >= 11 is 3.18. The Balaban J connectivity index is 2.96. The molecular weight excluding hydrogens is 242 g/mol. The van der Waals surface area contributed by atoms with Crippen molar-refractivity contribution in [2.75, 3.05) is 6.61 Å². The molecular formula is C6H8BrN3O3. The smallest absolute Gasteiger partial charge is 0.390 e. The number of aliphatic hydroxyl groups is 1. The molecule has 1 aromatic rings. The summed E-state index contributed by atoms with van der Waals surface area (Å²) in [5.41, 5.74) is 0.681. The van der Waals surface area contributed by atoms with E-state index in [1.54, 1.807) is 0 Å². The van der Waals surface area contributed by atoms with Crippen LogP contribution in [0.4, 0.5) is 5.82 Å². The lowest BCUT2D eigenvalue weighted by molar-refractivity contribution is -0.389. The first kappa shape index (κ1) is 10.1. The maximum atomic E-state index is 10.3. The summed E-state index contributed by atoms with van der Waals surface area (Å²) in [7, 11) is 0. The van der Waals surface area contributed by atoms with Gasteiger partial charge >= 0.3 is 5.82 Å². The fourth-order valence-corrected chi connectivity index (χ4v) is 1.38. The molecule has 72 valence electrons. The van der Waals surface area contributed by atoms with Gasteiger partial charge < -0.3 is 15.2 Å². The van der Waals surface area contributed by atoms with Gasteiger partial charge in [-0.1, -0.05) is 15.9 Å². The Morgan fingerprint density at radius 2 is 2.46 bits per heavy atom. The van der Waals surface area contributed by atoms with Gasteiger partial charge in [-0.25, -0.2) is 0 Å². The number of nitrogens with zero attached hydrogens (tertiary/aromatic N) is 3.